The molecule has 0 radical (unpaired) electrons. The highest BCUT2D eigenvalue weighted by atomic mass is 32.1. The Hall–Kier alpha value is -1.78. The van der Waals surface area contributed by atoms with Crippen molar-refractivity contribution in [1.29, 1.82) is 0 Å². The maximum Gasteiger partial charge on any atom is 0.123 e. The van der Waals surface area contributed by atoms with Crippen molar-refractivity contribution in [2.45, 2.75) is 25.4 Å². The second-order valence-electron chi connectivity index (χ2n) is 5.39. The van der Waals surface area contributed by atoms with E-state index < -0.39 is 0 Å². The molecule has 2 nitrogen and oxygen atoms in total. The number of aromatic nitrogens is 1. The van der Waals surface area contributed by atoms with Gasteiger partial charge in [-0.1, -0.05) is 18.2 Å². The number of hydrogen-bond acceptors (Lipinski definition) is 3. The number of para-hydroxylation sites is 1. The van der Waals surface area contributed by atoms with Gasteiger partial charge in [0.25, 0.3) is 0 Å². The molecule has 0 aliphatic heterocycles. The second-order valence-corrected chi connectivity index (χ2v) is 6.51. The summed E-state index contributed by atoms with van der Waals surface area (Å²) in [6, 6.07) is 13.6. The first-order valence-electron chi connectivity index (χ1n) is 7.16. The number of halogens is 1. The number of nitrogens with one attached hydrogen (secondary N) is 1. The van der Waals surface area contributed by atoms with Crippen LogP contribution in [0.25, 0.3) is 10.2 Å². The Kier molecular flexibility index (Phi) is 3.20. The molecule has 1 unspecified atom stereocenters. The first-order chi connectivity index (χ1) is 10.3. The van der Waals surface area contributed by atoms with Crippen LogP contribution in [0, 0.1) is 5.82 Å². The summed E-state index contributed by atoms with van der Waals surface area (Å²) >= 11 is 1.73. The Balaban J connectivity index is 1.51. The molecule has 0 saturated heterocycles. The molecule has 0 bridgehead atoms. The SMILES string of the molecule is Fc1ccc2c(c1)CCC2NCc1nc2ccccc2s1. The predicted molar refractivity (Wildman–Crippen MR) is 83.9 cm³/mol. The van der Waals surface area contributed by atoms with Crippen molar-refractivity contribution < 1.29 is 4.39 Å². The first kappa shape index (κ1) is 12.9. The molecule has 1 atom stereocenters. The van der Waals surface area contributed by atoms with Gasteiger partial charge < -0.3 is 5.32 Å². The molecule has 21 heavy (non-hydrogen) atoms. The van der Waals surface area contributed by atoms with Crippen LogP contribution < -0.4 is 5.32 Å². The van der Waals surface area contributed by atoms with E-state index in [1.165, 1.54) is 10.3 Å². The molecule has 0 saturated carbocycles. The van der Waals surface area contributed by atoms with E-state index in [1.54, 1.807) is 23.5 Å². The molecule has 1 aliphatic rings. The Bertz CT molecular complexity index is 763. The van der Waals surface area contributed by atoms with E-state index in [9.17, 15) is 4.39 Å². The molecule has 4 heteroatoms. The summed E-state index contributed by atoms with van der Waals surface area (Å²) < 4.78 is 14.5. The quantitative estimate of drug-likeness (QED) is 0.783. The number of rotatable bonds is 3. The third-order valence-corrected chi connectivity index (χ3v) is 5.06. The third kappa shape index (κ3) is 2.45. The van der Waals surface area contributed by atoms with Gasteiger partial charge in [-0.3, -0.25) is 0 Å². The van der Waals surface area contributed by atoms with Crippen LogP contribution in [0.15, 0.2) is 42.5 Å². The summed E-state index contributed by atoms with van der Waals surface area (Å²) in [6.45, 7) is 0.765. The van der Waals surface area contributed by atoms with Crippen LogP contribution in [0.1, 0.15) is 28.6 Å². The van der Waals surface area contributed by atoms with Gasteiger partial charge in [-0.2, -0.15) is 0 Å². The van der Waals surface area contributed by atoms with E-state index in [-0.39, 0.29) is 5.82 Å². The normalized spacial score (nSPS) is 17.3. The zero-order valence-corrected chi connectivity index (χ0v) is 12.3. The molecule has 0 spiro atoms. The largest absolute Gasteiger partial charge is 0.304 e. The fourth-order valence-electron chi connectivity index (χ4n) is 3.00. The summed E-state index contributed by atoms with van der Waals surface area (Å²) in [5.41, 5.74) is 3.43. The molecule has 1 N–H and O–H groups in total. The molecule has 1 aliphatic carbocycles. The lowest BCUT2D eigenvalue weighted by Gasteiger charge is -2.12. The van der Waals surface area contributed by atoms with Crippen molar-refractivity contribution in [3.8, 4) is 0 Å². The van der Waals surface area contributed by atoms with Gasteiger partial charge >= 0.3 is 0 Å². The average molecular weight is 298 g/mol. The topological polar surface area (TPSA) is 24.9 Å². The molecule has 1 aromatic heterocycles. The fourth-order valence-corrected chi connectivity index (χ4v) is 3.92. The molecule has 3 aromatic rings. The van der Waals surface area contributed by atoms with Crippen LogP contribution >= 0.6 is 11.3 Å². The monoisotopic (exact) mass is 298 g/mol. The lowest BCUT2D eigenvalue weighted by atomic mass is 10.1. The molecule has 1 heterocycles. The van der Waals surface area contributed by atoms with Crippen LogP contribution in [-0.2, 0) is 13.0 Å². The third-order valence-electron chi connectivity index (χ3n) is 4.02. The first-order valence-corrected chi connectivity index (χ1v) is 7.97. The van der Waals surface area contributed by atoms with Gasteiger partial charge in [-0.05, 0) is 48.2 Å². The highest BCUT2D eigenvalue weighted by molar-refractivity contribution is 7.18. The summed E-state index contributed by atoms with van der Waals surface area (Å²) in [4.78, 5) is 4.64. The van der Waals surface area contributed by atoms with Gasteiger partial charge in [0.1, 0.15) is 10.8 Å². The van der Waals surface area contributed by atoms with Crippen molar-refractivity contribution in [1.82, 2.24) is 10.3 Å². The van der Waals surface area contributed by atoms with Crippen LogP contribution in [0.5, 0.6) is 0 Å². The summed E-state index contributed by atoms with van der Waals surface area (Å²) in [5.74, 6) is -0.138. The summed E-state index contributed by atoms with van der Waals surface area (Å²) in [6.07, 6.45) is 1.98. The Morgan fingerprint density at radius 1 is 1.24 bits per heavy atom. The van der Waals surface area contributed by atoms with E-state index in [0.29, 0.717) is 6.04 Å². The number of hydrogen-bond donors (Lipinski definition) is 1. The van der Waals surface area contributed by atoms with Gasteiger partial charge in [-0.15, -0.1) is 11.3 Å². The Morgan fingerprint density at radius 2 is 2.14 bits per heavy atom. The van der Waals surface area contributed by atoms with Crippen LogP contribution in [-0.4, -0.2) is 4.98 Å². The minimum absolute atomic E-state index is 0.138. The molecule has 0 amide bonds. The standard InChI is InChI=1S/C17H15FN2S/c18-12-6-7-13-11(9-12)5-8-14(13)19-10-17-20-15-3-1-2-4-16(15)21-17/h1-4,6-7,9,14,19H,5,8,10H2. The fraction of sp³-hybridized carbons (Fsp3) is 0.235. The van der Waals surface area contributed by atoms with Crippen molar-refractivity contribution in [3.05, 3.63) is 64.4 Å². The molecule has 4 rings (SSSR count). The van der Waals surface area contributed by atoms with E-state index in [2.05, 4.69) is 16.4 Å². The van der Waals surface area contributed by atoms with Gasteiger partial charge in [-0.25, -0.2) is 9.37 Å². The number of fused-ring (bicyclic) bond motifs is 2. The van der Waals surface area contributed by atoms with Crippen molar-refractivity contribution in [2.24, 2.45) is 0 Å². The molecule has 2 aromatic carbocycles. The molecular weight excluding hydrogens is 283 g/mol. The van der Waals surface area contributed by atoms with E-state index in [0.717, 1.165) is 35.5 Å². The van der Waals surface area contributed by atoms with Gasteiger partial charge in [0.05, 0.1) is 10.2 Å². The van der Waals surface area contributed by atoms with Gasteiger partial charge in [0.15, 0.2) is 0 Å². The molecular formula is C17H15FN2S. The summed E-state index contributed by atoms with van der Waals surface area (Å²) in [7, 11) is 0. The van der Waals surface area contributed by atoms with E-state index in [1.807, 2.05) is 24.3 Å². The number of aryl methyl sites for hydroxylation is 1. The van der Waals surface area contributed by atoms with Crippen LogP contribution in [0.3, 0.4) is 0 Å². The Labute approximate surface area is 126 Å². The average Bonchev–Trinajstić information content (AvgIpc) is 3.07. The number of benzene rings is 2. The number of thiazole rings is 1. The Morgan fingerprint density at radius 3 is 3.05 bits per heavy atom. The van der Waals surface area contributed by atoms with Crippen LogP contribution in [0.2, 0.25) is 0 Å². The zero-order valence-electron chi connectivity index (χ0n) is 11.5. The predicted octanol–water partition coefficient (Wildman–Crippen LogP) is 4.21. The second kappa shape index (κ2) is 5.20. The minimum atomic E-state index is -0.138. The number of nitrogens with zero attached hydrogens (tertiary/aromatic N) is 1. The smallest absolute Gasteiger partial charge is 0.123 e. The van der Waals surface area contributed by atoms with Gasteiger partial charge in [0, 0.05) is 12.6 Å². The lowest BCUT2D eigenvalue weighted by molar-refractivity contribution is 0.529. The highest BCUT2D eigenvalue weighted by Crippen LogP contribution is 2.32. The maximum absolute atomic E-state index is 13.2. The maximum atomic E-state index is 13.2. The summed E-state index contributed by atoms with van der Waals surface area (Å²) in [5, 5.41) is 4.66. The van der Waals surface area contributed by atoms with Crippen molar-refractivity contribution in [3.63, 3.8) is 0 Å². The van der Waals surface area contributed by atoms with Crippen molar-refractivity contribution in [2.75, 3.05) is 0 Å². The lowest BCUT2D eigenvalue weighted by Crippen LogP contribution is -2.18. The highest BCUT2D eigenvalue weighted by Gasteiger charge is 2.22. The zero-order chi connectivity index (χ0) is 14.2. The van der Waals surface area contributed by atoms with Crippen LogP contribution in [0.4, 0.5) is 4.39 Å². The van der Waals surface area contributed by atoms with E-state index in [4.69, 9.17) is 0 Å². The minimum Gasteiger partial charge on any atom is -0.304 e. The van der Waals surface area contributed by atoms with E-state index >= 15 is 0 Å². The van der Waals surface area contributed by atoms with Gasteiger partial charge in [0.2, 0.25) is 0 Å². The molecule has 106 valence electrons. The molecule has 0 fully saturated rings. The van der Waals surface area contributed by atoms with Crippen molar-refractivity contribution >= 4 is 21.6 Å².